The number of aliphatic hydroxyl groups excluding tert-OH is 1. The number of β-amino-alcohol motifs (C(OH)–C–C–N with tert-alkyl or cyclic N) is 1. The van der Waals surface area contributed by atoms with Gasteiger partial charge in [0.15, 0.2) is 0 Å². The molecular weight excluding hydrogens is 376 g/mol. The maximum absolute atomic E-state index is 13.0. The minimum absolute atomic E-state index is 0.0170. The number of nitrogens with zero attached hydrogens (tertiary/aromatic N) is 2. The van der Waals surface area contributed by atoms with E-state index in [-0.39, 0.29) is 27.9 Å². The van der Waals surface area contributed by atoms with E-state index in [0.717, 1.165) is 19.3 Å². The Morgan fingerprint density at radius 1 is 1.19 bits per heavy atom. The van der Waals surface area contributed by atoms with E-state index in [2.05, 4.69) is 0 Å². The molecule has 3 rings (SSSR count). The first kappa shape index (κ1) is 19.6. The Morgan fingerprint density at radius 2 is 1.92 bits per heavy atom. The van der Waals surface area contributed by atoms with Gasteiger partial charge in [-0.15, -0.1) is 0 Å². The fourth-order valence-corrected chi connectivity index (χ4v) is 5.76. The standard InChI is InChI=1S/C18H25ClN2O4S/c1-13-4-2-9-21(11-13)26(24,25)17-10-14(6-7-16(17)19)18(23)20-8-3-5-15(22)12-20/h6-7,10,13,15,22H,2-5,8-9,11-12H2,1H3. The van der Waals surface area contributed by atoms with Crippen molar-refractivity contribution >= 4 is 27.5 Å². The highest BCUT2D eigenvalue weighted by molar-refractivity contribution is 7.89. The second-order valence-electron chi connectivity index (χ2n) is 7.30. The average molecular weight is 401 g/mol. The number of hydrogen-bond donors (Lipinski definition) is 1. The summed E-state index contributed by atoms with van der Waals surface area (Å²) in [5.41, 5.74) is 0.284. The topological polar surface area (TPSA) is 77.9 Å². The maximum Gasteiger partial charge on any atom is 0.253 e. The van der Waals surface area contributed by atoms with Crippen molar-refractivity contribution in [2.75, 3.05) is 26.2 Å². The van der Waals surface area contributed by atoms with Gasteiger partial charge >= 0.3 is 0 Å². The molecule has 0 aromatic heterocycles. The Bertz CT molecular complexity index is 783. The Labute approximate surface area is 159 Å². The monoisotopic (exact) mass is 400 g/mol. The average Bonchev–Trinajstić information content (AvgIpc) is 2.61. The Balaban J connectivity index is 1.88. The van der Waals surface area contributed by atoms with Gasteiger partial charge in [-0.2, -0.15) is 4.31 Å². The van der Waals surface area contributed by atoms with E-state index < -0.39 is 16.1 Å². The molecule has 1 N–H and O–H groups in total. The van der Waals surface area contributed by atoms with Crippen LogP contribution in [0.4, 0.5) is 0 Å². The van der Waals surface area contributed by atoms with Crippen molar-refractivity contribution in [1.29, 1.82) is 0 Å². The van der Waals surface area contributed by atoms with Crippen LogP contribution in [-0.2, 0) is 10.0 Å². The normalized spacial score (nSPS) is 25.3. The summed E-state index contributed by atoms with van der Waals surface area (Å²) in [7, 11) is -3.74. The van der Waals surface area contributed by atoms with Crippen LogP contribution in [0.5, 0.6) is 0 Å². The number of piperidine rings is 2. The van der Waals surface area contributed by atoms with Crippen molar-refractivity contribution in [2.45, 2.75) is 43.6 Å². The third-order valence-electron chi connectivity index (χ3n) is 5.10. The van der Waals surface area contributed by atoms with E-state index in [9.17, 15) is 18.3 Å². The summed E-state index contributed by atoms with van der Waals surface area (Å²) in [6.45, 7) is 3.80. The van der Waals surface area contributed by atoms with Crippen LogP contribution < -0.4 is 0 Å². The van der Waals surface area contributed by atoms with Gasteiger partial charge in [0.05, 0.1) is 11.1 Å². The molecular formula is C18H25ClN2O4S. The second kappa shape index (κ2) is 7.84. The summed E-state index contributed by atoms with van der Waals surface area (Å²) in [6, 6.07) is 4.39. The second-order valence-corrected chi connectivity index (χ2v) is 9.62. The van der Waals surface area contributed by atoms with Gasteiger partial charge in [-0.25, -0.2) is 8.42 Å². The molecule has 1 aromatic rings. The number of amides is 1. The molecule has 6 nitrogen and oxygen atoms in total. The van der Waals surface area contributed by atoms with Crippen LogP contribution in [0, 0.1) is 5.92 Å². The predicted octanol–water partition coefficient (Wildman–Crippen LogP) is 2.36. The van der Waals surface area contributed by atoms with Crippen molar-refractivity contribution in [3.8, 4) is 0 Å². The molecule has 8 heteroatoms. The summed E-state index contributed by atoms with van der Waals surface area (Å²) in [5.74, 6) is 0.0285. The van der Waals surface area contributed by atoms with Gasteiger partial charge in [-0.3, -0.25) is 4.79 Å². The number of aliphatic hydroxyl groups is 1. The smallest absolute Gasteiger partial charge is 0.253 e. The zero-order valence-electron chi connectivity index (χ0n) is 14.9. The summed E-state index contributed by atoms with van der Waals surface area (Å²) in [5, 5.41) is 9.90. The molecule has 2 atom stereocenters. The van der Waals surface area contributed by atoms with Crippen LogP contribution in [-0.4, -0.2) is 60.9 Å². The van der Waals surface area contributed by atoms with E-state index in [1.165, 1.54) is 16.4 Å². The fraction of sp³-hybridized carbons (Fsp3) is 0.611. The summed E-state index contributed by atoms with van der Waals surface area (Å²) >= 11 is 6.18. The summed E-state index contributed by atoms with van der Waals surface area (Å²) < 4.78 is 27.5. The summed E-state index contributed by atoms with van der Waals surface area (Å²) in [4.78, 5) is 14.3. The first-order valence-corrected chi connectivity index (χ1v) is 10.9. The van der Waals surface area contributed by atoms with Gasteiger partial charge in [0, 0.05) is 31.7 Å². The first-order chi connectivity index (χ1) is 12.3. The highest BCUT2D eigenvalue weighted by Crippen LogP contribution is 2.29. The van der Waals surface area contributed by atoms with Crippen molar-refractivity contribution in [2.24, 2.45) is 5.92 Å². The fourth-order valence-electron chi connectivity index (χ4n) is 3.66. The number of hydrogen-bond acceptors (Lipinski definition) is 4. The molecule has 2 aliphatic rings. The molecule has 2 fully saturated rings. The molecule has 0 bridgehead atoms. The third-order valence-corrected chi connectivity index (χ3v) is 7.45. The number of likely N-dealkylation sites (tertiary alicyclic amines) is 1. The van der Waals surface area contributed by atoms with Gasteiger partial charge in [0.25, 0.3) is 5.91 Å². The van der Waals surface area contributed by atoms with Crippen molar-refractivity contribution in [3.63, 3.8) is 0 Å². The lowest BCUT2D eigenvalue weighted by Gasteiger charge is -2.31. The predicted molar refractivity (Wildman–Crippen MR) is 99.8 cm³/mol. The molecule has 144 valence electrons. The van der Waals surface area contributed by atoms with Crippen LogP contribution in [0.1, 0.15) is 43.0 Å². The Kier molecular flexibility index (Phi) is 5.91. The molecule has 1 amide bonds. The highest BCUT2D eigenvalue weighted by atomic mass is 35.5. The largest absolute Gasteiger partial charge is 0.391 e. The molecule has 2 heterocycles. The molecule has 2 saturated heterocycles. The van der Waals surface area contributed by atoms with E-state index in [1.54, 1.807) is 11.0 Å². The highest BCUT2D eigenvalue weighted by Gasteiger charge is 2.31. The number of carbonyl (C=O) groups excluding carboxylic acids is 1. The summed E-state index contributed by atoms with van der Waals surface area (Å²) in [6.07, 6.45) is 2.71. The number of benzene rings is 1. The van der Waals surface area contributed by atoms with Gasteiger partial charge in [0.2, 0.25) is 10.0 Å². The quantitative estimate of drug-likeness (QED) is 0.844. The minimum atomic E-state index is -3.74. The van der Waals surface area contributed by atoms with Gasteiger partial charge in [-0.05, 0) is 49.8 Å². The van der Waals surface area contributed by atoms with Gasteiger partial charge in [-0.1, -0.05) is 18.5 Å². The van der Waals surface area contributed by atoms with E-state index >= 15 is 0 Å². The van der Waals surface area contributed by atoms with Crippen molar-refractivity contribution in [1.82, 2.24) is 9.21 Å². The maximum atomic E-state index is 13.0. The molecule has 0 saturated carbocycles. The Hall–Kier alpha value is -1.15. The van der Waals surface area contributed by atoms with Crippen LogP contribution in [0.2, 0.25) is 5.02 Å². The minimum Gasteiger partial charge on any atom is -0.391 e. The molecule has 0 aliphatic carbocycles. The number of halogens is 1. The number of rotatable bonds is 3. The van der Waals surface area contributed by atoms with Crippen LogP contribution in [0.3, 0.4) is 0 Å². The lowest BCUT2D eigenvalue weighted by Crippen LogP contribution is -2.42. The van der Waals surface area contributed by atoms with Crippen molar-refractivity contribution < 1.29 is 18.3 Å². The zero-order chi connectivity index (χ0) is 18.9. The van der Waals surface area contributed by atoms with Crippen LogP contribution in [0.25, 0.3) is 0 Å². The first-order valence-electron chi connectivity index (χ1n) is 9.06. The van der Waals surface area contributed by atoms with Gasteiger partial charge < -0.3 is 10.0 Å². The molecule has 26 heavy (non-hydrogen) atoms. The molecule has 1 aromatic carbocycles. The van der Waals surface area contributed by atoms with Crippen LogP contribution >= 0.6 is 11.6 Å². The zero-order valence-corrected chi connectivity index (χ0v) is 16.5. The van der Waals surface area contributed by atoms with Crippen LogP contribution in [0.15, 0.2) is 23.1 Å². The molecule has 0 radical (unpaired) electrons. The SMILES string of the molecule is CC1CCCN(S(=O)(=O)c2cc(C(=O)N3CCCC(O)C3)ccc2Cl)C1. The number of carbonyl (C=O) groups is 1. The number of sulfonamides is 1. The molecule has 2 aliphatic heterocycles. The lowest BCUT2D eigenvalue weighted by molar-refractivity contribution is 0.0473. The third kappa shape index (κ3) is 4.06. The van der Waals surface area contributed by atoms with Gasteiger partial charge in [0.1, 0.15) is 4.90 Å². The van der Waals surface area contributed by atoms with E-state index in [4.69, 9.17) is 11.6 Å². The Morgan fingerprint density at radius 3 is 2.62 bits per heavy atom. The lowest BCUT2D eigenvalue weighted by atomic mass is 10.0. The van der Waals surface area contributed by atoms with Crippen molar-refractivity contribution in [3.05, 3.63) is 28.8 Å². The van der Waals surface area contributed by atoms with E-state index in [0.29, 0.717) is 32.0 Å². The van der Waals surface area contributed by atoms with E-state index in [1.807, 2.05) is 6.92 Å². The molecule has 0 spiro atoms. The molecule has 2 unspecified atom stereocenters.